The van der Waals surface area contributed by atoms with Crippen molar-refractivity contribution in [3.05, 3.63) is 29.3 Å². The number of hydrogen-bond donors (Lipinski definition) is 2. The summed E-state index contributed by atoms with van der Waals surface area (Å²) in [6.45, 7) is 3.61. The number of aliphatic carboxylic acids is 1. The van der Waals surface area contributed by atoms with Gasteiger partial charge in [-0.2, -0.15) is 5.26 Å². The lowest BCUT2D eigenvalue weighted by molar-refractivity contribution is -0.141. The maximum Gasteiger partial charge on any atom is 0.327 e. The molecule has 0 radical (unpaired) electrons. The second-order valence-electron chi connectivity index (χ2n) is 4.77. The monoisotopic (exact) mass is 305 g/mol. The highest BCUT2D eigenvalue weighted by Crippen LogP contribution is 2.29. The molecule has 0 spiro atoms. The number of benzene rings is 1. The minimum absolute atomic E-state index is 0.203. The Morgan fingerprint density at radius 2 is 2.24 bits per heavy atom. The highest BCUT2D eigenvalue weighted by Gasteiger charge is 2.39. The number of nitrogens with zero attached hydrogens (tertiary/aromatic N) is 2. The number of carbonyl (C=O) groups is 2. The normalized spacial score (nSPS) is 20.9. The SMILES string of the molecule is Cc1ccc(C#N)cc1NC(=O)N1C(C)SCC1C(=O)O. The molecule has 2 unspecified atom stereocenters. The second-order valence-corrected chi connectivity index (χ2v) is 6.11. The zero-order valence-corrected chi connectivity index (χ0v) is 12.5. The summed E-state index contributed by atoms with van der Waals surface area (Å²) >= 11 is 1.42. The lowest BCUT2D eigenvalue weighted by atomic mass is 10.1. The molecule has 2 N–H and O–H groups in total. The van der Waals surface area contributed by atoms with Crippen LogP contribution >= 0.6 is 11.8 Å². The summed E-state index contributed by atoms with van der Waals surface area (Å²) in [5.41, 5.74) is 1.77. The number of amides is 2. The van der Waals surface area contributed by atoms with Crippen LogP contribution in [0.15, 0.2) is 18.2 Å². The number of thioether (sulfide) groups is 1. The van der Waals surface area contributed by atoms with Gasteiger partial charge in [-0.25, -0.2) is 9.59 Å². The van der Waals surface area contributed by atoms with Crippen molar-refractivity contribution in [2.24, 2.45) is 0 Å². The topological polar surface area (TPSA) is 93.4 Å². The number of nitriles is 1. The second kappa shape index (κ2) is 6.06. The Labute approximate surface area is 126 Å². The van der Waals surface area contributed by atoms with Crippen LogP contribution in [-0.4, -0.2) is 39.2 Å². The molecule has 1 heterocycles. The van der Waals surface area contributed by atoms with Gasteiger partial charge >= 0.3 is 12.0 Å². The first-order valence-corrected chi connectivity index (χ1v) is 7.43. The van der Waals surface area contributed by atoms with E-state index >= 15 is 0 Å². The summed E-state index contributed by atoms with van der Waals surface area (Å²) in [4.78, 5) is 24.9. The Balaban J connectivity index is 2.21. The van der Waals surface area contributed by atoms with E-state index in [1.54, 1.807) is 25.1 Å². The molecule has 110 valence electrons. The molecule has 0 aliphatic carbocycles. The third-order valence-electron chi connectivity index (χ3n) is 3.35. The minimum atomic E-state index is -1.01. The molecule has 2 atom stereocenters. The summed E-state index contributed by atoms with van der Waals surface area (Å²) in [7, 11) is 0. The van der Waals surface area contributed by atoms with Crippen molar-refractivity contribution in [1.29, 1.82) is 5.26 Å². The zero-order chi connectivity index (χ0) is 15.6. The number of carboxylic acid groups (broad SMARTS) is 1. The van der Waals surface area contributed by atoms with Gasteiger partial charge < -0.3 is 10.4 Å². The number of aryl methyl sites for hydroxylation is 1. The van der Waals surface area contributed by atoms with Gasteiger partial charge in [0.15, 0.2) is 0 Å². The molecule has 6 nitrogen and oxygen atoms in total. The van der Waals surface area contributed by atoms with Crippen LogP contribution in [0.5, 0.6) is 0 Å². The third kappa shape index (κ3) is 3.11. The van der Waals surface area contributed by atoms with E-state index in [2.05, 4.69) is 5.32 Å². The van der Waals surface area contributed by atoms with E-state index in [1.165, 1.54) is 16.7 Å². The van der Waals surface area contributed by atoms with Crippen LogP contribution in [0.2, 0.25) is 0 Å². The minimum Gasteiger partial charge on any atom is -0.480 e. The van der Waals surface area contributed by atoms with Crippen LogP contribution in [0.4, 0.5) is 10.5 Å². The predicted molar refractivity (Wildman–Crippen MR) is 80.1 cm³/mol. The van der Waals surface area contributed by atoms with Crippen molar-refractivity contribution in [1.82, 2.24) is 4.90 Å². The molecule has 0 aromatic heterocycles. The number of nitrogens with one attached hydrogen (secondary N) is 1. The molecule has 7 heteroatoms. The predicted octanol–water partition coefficient (Wildman–Crippen LogP) is 2.25. The molecule has 1 aromatic rings. The van der Waals surface area contributed by atoms with E-state index in [1.807, 2.05) is 13.0 Å². The van der Waals surface area contributed by atoms with Crippen molar-refractivity contribution in [2.45, 2.75) is 25.3 Å². The van der Waals surface area contributed by atoms with Gasteiger partial charge in [-0.05, 0) is 31.5 Å². The molecule has 0 bridgehead atoms. The van der Waals surface area contributed by atoms with Gasteiger partial charge in [0.25, 0.3) is 0 Å². The van der Waals surface area contributed by atoms with Crippen LogP contribution in [0.1, 0.15) is 18.1 Å². The van der Waals surface area contributed by atoms with Crippen molar-refractivity contribution in [3.8, 4) is 6.07 Å². The van der Waals surface area contributed by atoms with Crippen LogP contribution in [0.25, 0.3) is 0 Å². The Morgan fingerprint density at radius 3 is 2.86 bits per heavy atom. The summed E-state index contributed by atoms with van der Waals surface area (Å²) in [5, 5.41) is 20.6. The van der Waals surface area contributed by atoms with Gasteiger partial charge in [-0.1, -0.05) is 6.07 Å². The summed E-state index contributed by atoms with van der Waals surface area (Å²) < 4.78 is 0. The molecule has 1 aliphatic heterocycles. The molecule has 1 aromatic carbocycles. The van der Waals surface area contributed by atoms with Gasteiger partial charge in [-0.3, -0.25) is 4.90 Å². The number of hydrogen-bond acceptors (Lipinski definition) is 4. The Morgan fingerprint density at radius 1 is 1.52 bits per heavy atom. The Bertz CT molecular complexity index is 626. The first kappa shape index (κ1) is 15.2. The number of rotatable bonds is 2. The largest absolute Gasteiger partial charge is 0.480 e. The quantitative estimate of drug-likeness (QED) is 0.874. The van der Waals surface area contributed by atoms with E-state index in [9.17, 15) is 14.7 Å². The highest BCUT2D eigenvalue weighted by molar-refractivity contribution is 8.00. The van der Waals surface area contributed by atoms with Gasteiger partial charge in [0.2, 0.25) is 0 Å². The lowest BCUT2D eigenvalue weighted by Crippen LogP contribution is -2.46. The Hall–Kier alpha value is -2.20. The number of anilines is 1. The van der Waals surface area contributed by atoms with Gasteiger partial charge in [0, 0.05) is 11.4 Å². The van der Waals surface area contributed by atoms with Gasteiger partial charge in [0.1, 0.15) is 6.04 Å². The molecular weight excluding hydrogens is 290 g/mol. The number of carboxylic acids is 1. The average Bonchev–Trinajstić information content (AvgIpc) is 2.83. The lowest BCUT2D eigenvalue weighted by Gasteiger charge is -2.25. The van der Waals surface area contributed by atoms with Crippen molar-refractivity contribution < 1.29 is 14.7 Å². The van der Waals surface area contributed by atoms with E-state index in [4.69, 9.17) is 5.26 Å². The third-order valence-corrected chi connectivity index (χ3v) is 4.57. The smallest absolute Gasteiger partial charge is 0.327 e. The van der Waals surface area contributed by atoms with Crippen LogP contribution in [-0.2, 0) is 4.79 Å². The molecule has 1 aliphatic rings. The average molecular weight is 305 g/mol. The maximum atomic E-state index is 12.3. The van der Waals surface area contributed by atoms with Crippen molar-refractivity contribution >= 4 is 29.4 Å². The number of urea groups is 1. The molecule has 2 rings (SSSR count). The maximum absolute atomic E-state index is 12.3. The first-order valence-electron chi connectivity index (χ1n) is 6.38. The van der Waals surface area contributed by atoms with Gasteiger partial charge in [-0.15, -0.1) is 11.8 Å². The molecule has 21 heavy (non-hydrogen) atoms. The fourth-order valence-corrected chi connectivity index (χ4v) is 3.31. The van der Waals surface area contributed by atoms with Crippen LogP contribution < -0.4 is 5.32 Å². The van der Waals surface area contributed by atoms with Crippen molar-refractivity contribution in [2.75, 3.05) is 11.1 Å². The molecule has 0 saturated carbocycles. The summed E-state index contributed by atoms with van der Waals surface area (Å²) in [5.74, 6) is -0.634. The van der Waals surface area contributed by atoms with E-state index < -0.39 is 18.0 Å². The van der Waals surface area contributed by atoms with Crippen molar-refractivity contribution in [3.63, 3.8) is 0 Å². The first-order chi connectivity index (χ1) is 9.93. The van der Waals surface area contributed by atoms with E-state index in [-0.39, 0.29) is 5.37 Å². The standard InChI is InChI=1S/C14H15N3O3S/c1-8-3-4-10(6-15)5-11(8)16-14(20)17-9(2)21-7-12(17)13(18)19/h3-5,9,12H,7H2,1-2H3,(H,16,20)(H,18,19). The molecule has 2 amide bonds. The molecule has 1 fully saturated rings. The van der Waals surface area contributed by atoms with Gasteiger partial charge in [0.05, 0.1) is 17.0 Å². The van der Waals surface area contributed by atoms with E-state index in [0.29, 0.717) is 17.0 Å². The number of carbonyl (C=O) groups excluding carboxylic acids is 1. The van der Waals surface area contributed by atoms with E-state index in [0.717, 1.165) is 5.56 Å². The van der Waals surface area contributed by atoms with Crippen LogP contribution in [0.3, 0.4) is 0 Å². The molecule has 1 saturated heterocycles. The highest BCUT2D eigenvalue weighted by atomic mass is 32.2. The summed E-state index contributed by atoms with van der Waals surface area (Å²) in [6, 6.07) is 5.71. The zero-order valence-electron chi connectivity index (χ0n) is 11.7. The van der Waals surface area contributed by atoms with Crippen LogP contribution in [0, 0.1) is 18.3 Å². The fourth-order valence-electron chi connectivity index (χ4n) is 2.15. The summed E-state index contributed by atoms with van der Waals surface area (Å²) in [6.07, 6.45) is 0. The molecular formula is C14H15N3O3S. The Kier molecular flexibility index (Phi) is 4.38. The fraction of sp³-hybridized carbons (Fsp3) is 0.357.